The Morgan fingerprint density at radius 1 is 1.47 bits per heavy atom. The molecule has 1 aromatic rings. The molecule has 1 atom stereocenters. The van der Waals surface area contributed by atoms with Gasteiger partial charge in [-0.2, -0.15) is 0 Å². The number of thioether (sulfide) groups is 1. The highest BCUT2D eigenvalue weighted by Gasteiger charge is 2.13. The van der Waals surface area contributed by atoms with E-state index in [1.165, 1.54) is 0 Å². The van der Waals surface area contributed by atoms with Gasteiger partial charge >= 0.3 is 5.97 Å². The lowest BCUT2D eigenvalue weighted by Crippen LogP contribution is -2.30. The van der Waals surface area contributed by atoms with Gasteiger partial charge < -0.3 is 10.0 Å². The van der Waals surface area contributed by atoms with Gasteiger partial charge in [0.1, 0.15) is 0 Å². The summed E-state index contributed by atoms with van der Waals surface area (Å²) >= 11 is 13.6. The van der Waals surface area contributed by atoms with Crippen LogP contribution >= 0.6 is 35.0 Å². The average molecular weight is 322 g/mol. The van der Waals surface area contributed by atoms with Crippen molar-refractivity contribution in [1.82, 2.24) is 4.90 Å². The Morgan fingerprint density at radius 2 is 2.16 bits per heavy atom. The van der Waals surface area contributed by atoms with Gasteiger partial charge in [-0.1, -0.05) is 30.1 Å². The number of carbonyl (C=O) groups is 1. The summed E-state index contributed by atoms with van der Waals surface area (Å²) in [6.45, 7) is 3.05. The normalized spacial score (nSPS) is 12.7. The van der Waals surface area contributed by atoms with Gasteiger partial charge in [0, 0.05) is 28.8 Å². The van der Waals surface area contributed by atoms with Crippen LogP contribution in [0.2, 0.25) is 10.0 Å². The second-order valence-electron chi connectivity index (χ2n) is 4.42. The number of nitrogens with zero attached hydrogens (tertiary/aromatic N) is 1. The highest BCUT2D eigenvalue weighted by atomic mass is 35.5. The minimum absolute atomic E-state index is 0.357. The van der Waals surface area contributed by atoms with E-state index < -0.39 is 5.97 Å². The van der Waals surface area contributed by atoms with Crippen LogP contribution in [0, 0.1) is 5.92 Å². The van der Waals surface area contributed by atoms with E-state index in [-0.39, 0.29) is 5.92 Å². The second kappa shape index (κ2) is 8.00. The molecule has 0 saturated carbocycles. The fraction of sp³-hybridized carbons (Fsp3) is 0.462. The lowest BCUT2D eigenvalue weighted by atomic mass is 10.2. The van der Waals surface area contributed by atoms with E-state index in [9.17, 15) is 4.79 Å². The molecule has 1 unspecified atom stereocenters. The van der Waals surface area contributed by atoms with Crippen LogP contribution in [0.15, 0.2) is 23.1 Å². The van der Waals surface area contributed by atoms with Crippen LogP contribution in [-0.2, 0) is 4.79 Å². The van der Waals surface area contributed by atoms with Crippen LogP contribution in [0.3, 0.4) is 0 Å². The summed E-state index contributed by atoms with van der Waals surface area (Å²) in [4.78, 5) is 13.7. The van der Waals surface area contributed by atoms with Crippen molar-refractivity contribution in [2.75, 3.05) is 25.9 Å². The first kappa shape index (κ1) is 16.6. The largest absolute Gasteiger partial charge is 0.481 e. The fourth-order valence-electron chi connectivity index (χ4n) is 1.54. The van der Waals surface area contributed by atoms with Gasteiger partial charge in [0.05, 0.1) is 10.9 Å². The highest BCUT2D eigenvalue weighted by Crippen LogP contribution is 2.29. The first-order chi connectivity index (χ1) is 8.90. The van der Waals surface area contributed by atoms with Crippen LogP contribution in [0.4, 0.5) is 0 Å². The summed E-state index contributed by atoms with van der Waals surface area (Å²) in [5, 5.41) is 10.2. The van der Waals surface area contributed by atoms with Crippen molar-refractivity contribution in [3.63, 3.8) is 0 Å². The van der Waals surface area contributed by atoms with E-state index in [1.54, 1.807) is 30.8 Å². The molecule has 1 rings (SSSR count). The minimum Gasteiger partial charge on any atom is -0.481 e. The molecule has 0 aromatic heterocycles. The zero-order valence-electron chi connectivity index (χ0n) is 10.9. The smallest absolute Gasteiger partial charge is 0.307 e. The number of hydrogen-bond acceptors (Lipinski definition) is 3. The van der Waals surface area contributed by atoms with E-state index in [1.807, 2.05) is 18.0 Å². The molecule has 106 valence electrons. The maximum Gasteiger partial charge on any atom is 0.307 e. The maximum absolute atomic E-state index is 10.7. The van der Waals surface area contributed by atoms with E-state index in [4.69, 9.17) is 28.3 Å². The summed E-state index contributed by atoms with van der Waals surface area (Å²) in [6, 6.07) is 5.38. The Balaban J connectivity index is 2.37. The van der Waals surface area contributed by atoms with Crippen LogP contribution in [0.25, 0.3) is 0 Å². The zero-order valence-corrected chi connectivity index (χ0v) is 13.2. The fourth-order valence-corrected chi connectivity index (χ4v) is 3.09. The summed E-state index contributed by atoms with van der Waals surface area (Å²) in [7, 11) is 1.92. The Morgan fingerprint density at radius 3 is 2.79 bits per heavy atom. The van der Waals surface area contributed by atoms with Crippen molar-refractivity contribution in [1.29, 1.82) is 0 Å². The molecule has 0 radical (unpaired) electrons. The monoisotopic (exact) mass is 321 g/mol. The SMILES string of the molecule is CC(CN(C)CCSc1cc(Cl)ccc1Cl)C(=O)O. The van der Waals surface area contributed by atoms with Gasteiger partial charge in [-0.3, -0.25) is 4.79 Å². The average Bonchev–Trinajstić information content (AvgIpc) is 2.33. The van der Waals surface area contributed by atoms with Crippen LogP contribution in [-0.4, -0.2) is 41.9 Å². The first-order valence-electron chi connectivity index (χ1n) is 5.89. The highest BCUT2D eigenvalue weighted by molar-refractivity contribution is 7.99. The number of carboxylic acid groups (broad SMARTS) is 1. The topological polar surface area (TPSA) is 40.5 Å². The Hall–Kier alpha value is -0.420. The van der Waals surface area contributed by atoms with E-state index in [0.717, 1.165) is 17.2 Å². The third-order valence-electron chi connectivity index (χ3n) is 2.63. The van der Waals surface area contributed by atoms with Gasteiger partial charge in [0.25, 0.3) is 0 Å². The number of carboxylic acids is 1. The molecule has 0 amide bonds. The Kier molecular flexibility index (Phi) is 7.00. The van der Waals surface area contributed by atoms with E-state index >= 15 is 0 Å². The zero-order chi connectivity index (χ0) is 14.4. The van der Waals surface area contributed by atoms with Crippen LogP contribution in [0.1, 0.15) is 6.92 Å². The number of hydrogen-bond donors (Lipinski definition) is 1. The summed E-state index contributed by atoms with van der Waals surface area (Å²) in [5.74, 6) is -0.287. The van der Waals surface area contributed by atoms with Gasteiger partial charge in [0.15, 0.2) is 0 Å². The molecule has 0 fully saturated rings. The van der Waals surface area contributed by atoms with Crippen molar-refractivity contribution in [3.05, 3.63) is 28.2 Å². The number of rotatable bonds is 7. The minimum atomic E-state index is -0.766. The third kappa shape index (κ3) is 6.04. The van der Waals surface area contributed by atoms with Crippen LogP contribution < -0.4 is 0 Å². The van der Waals surface area contributed by atoms with Gasteiger partial charge in [0.2, 0.25) is 0 Å². The molecule has 1 aromatic carbocycles. The molecular formula is C13H17Cl2NO2S. The molecule has 0 aliphatic carbocycles. The molecule has 0 bridgehead atoms. The summed E-state index contributed by atoms with van der Waals surface area (Å²) < 4.78 is 0. The molecule has 19 heavy (non-hydrogen) atoms. The van der Waals surface area contributed by atoms with Crippen LogP contribution in [0.5, 0.6) is 0 Å². The number of aliphatic carboxylic acids is 1. The molecule has 0 saturated heterocycles. The quantitative estimate of drug-likeness (QED) is 0.777. The predicted octanol–water partition coefficient (Wildman–Crippen LogP) is 3.74. The molecule has 0 aliphatic rings. The van der Waals surface area contributed by atoms with E-state index in [0.29, 0.717) is 16.6 Å². The number of halogens is 2. The Labute approximate surface area is 127 Å². The molecular weight excluding hydrogens is 305 g/mol. The van der Waals surface area contributed by atoms with Crippen molar-refractivity contribution in [3.8, 4) is 0 Å². The maximum atomic E-state index is 10.7. The lowest BCUT2D eigenvalue weighted by Gasteiger charge is -2.18. The molecule has 0 heterocycles. The standard InChI is InChI=1S/C13H17Cl2NO2S/c1-9(13(17)18)8-16(2)5-6-19-12-7-10(14)3-4-11(12)15/h3-4,7,9H,5-6,8H2,1-2H3,(H,17,18). The lowest BCUT2D eigenvalue weighted by molar-refractivity contribution is -0.141. The van der Waals surface area contributed by atoms with E-state index in [2.05, 4.69) is 0 Å². The molecule has 3 nitrogen and oxygen atoms in total. The van der Waals surface area contributed by atoms with Crippen molar-refractivity contribution in [2.24, 2.45) is 5.92 Å². The Bertz CT molecular complexity index is 443. The summed E-state index contributed by atoms with van der Waals surface area (Å²) in [5.41, 5.74) is 0. The third-order valence-corrected chi connectivity index (χ3v) is 4.34. The molecule has 0 spiro atoms. The van der Waals surface area contributed by atoms with Gasteiger partial charge in [-0.25, -0.2) is 0 Å². The number of benzene rings is 1. The molecule has 0 aliphatic heterocycles. The van der Waals surface area contributed by atoms with Gasteiger partial charge in [-0.05, 0) is 25.2 Å². The van der Waals surface area contributed by atoms with Crippen molar-refractivity contribution >= 4 is 40.9 Å². The molecule has 6 heteroatoms. The first-order valence-corrected chi connectivity index (χ1v) is 7.63. The summed E-state index contributed by atoms with van der Waals surface area (Å²) in [6.07, 6.45) is 0. The van der Waals surface area contributed by atoms with Crippen molar-refractivity contribution < 1.29 is 9.90 Å². The second-order valence-corrected chi connectivity index (χ2v) is 6.41. The molecule has 1 N–H and O–H groups in total. The van der Waals surface area contributed by atoms with Crippen molar-refractivity contribution in [2.45, 2.75) is 11.8 Å². The predicted molar refractivity (Wildman–Crippen MR) is 81.5 cm³/mol. The van der Waals surface area contributed by atoms with Gasteiger partial charge in [-0.15, -0.1) is 11.8 Å².